The van der Waals surface area contributed by atoms with E-state index in [0.29, 0.717) is 6.42 Å². The Morgan fingerprint density at radius 2 is 2.13 bits per heavy atom. The Morgan fingerprint density at radius 1 is 1.47 bits per heavy atom. The zero-order chi connectivity index (χ0) is 11.4. The number of nitrogens with one attached hydrogen (secondary N) is 1. The average Bonchev–Trinajstić information content (AvgIpc) is 2.19. The molecule has 5 heteroatoms. The van der Waals surface area contributed by atoms with Crippen LogP contribution in [0.1, 0.15) is 13.3 Å². The summed E-state index contributed by atoms with van der Waals surface area (Å²) in [4.78, 5) is 21.8. The number of amides is 1. The molecule has 0 aromatic rings. The van der Waals surface area contributed by atoms with Gasteiger partial charge in [0.05, 0.1) is 19.1 Å². The van der Waals surface area contributed by atoms with Crippen LogP contribution >= 0.6 is 0 Å². The van der Waals surface area contributed by atoms with Crippen molar-refractivity contribution in [1.82, 2.24) is 5.32 Å². The molecule has 15 heavy (non-hydrogen) atoms. The summed E-state index contributed by atoms with van der Waals surface area (Å²) in [5, 5.41) is 12.6. The van der Waals surface area contributed by atoms with Gasteiger partial charge >= 0.3 is 5.97 Å². The summed E-state index contributed by atoms with van der Waals surface area (Å²) in [6.45, 7) is 1.96. The van der Waals surface area contributed by atoms with Crippen molar-refractivity contribution in [3.8, 4) is 0 Å². The third-order valence-electron chi connectivity index (χ3n) is 2.49. The van der Waals surface area contributed by atoms with Crippen LogP contribution in [0.25, 0.3) is 0 Å². The van der Waals surface area contributed by atoms with Crippen LogP contribution in [0.4, 0.5) is 4.79 Å². The van der Waals surface area contributed by atoms with Crippen LogP contribution in [0.5, 0.6) is 0 Å². The number of hydrogen-bond acceptors (Lipinski definition) is 4. The van der Waals surface area contributed by atoms with Crippen LogP contribution < -0.4 is 10.4 Å². The number of rotatable bonds is 2. The standard InChI is InChI=1S/C10H15NO4/c1-6-3-4-8(11-10(13)14)7(5-6)9(12)15-2/h3-4,6-8,11H,5H2,1-2H3,(H,13,14)/p-1. The number of carbonyl (C=O) groups excluding carboxylic acids is 2. The number of hydrogen-bond donors (Lipinski definition) is 1. The van der Waals surface area contributed by atoms with Crippen molar-refractivity contribution in [3.63, 3.8) is 0 Å². The van der Waals surface area contributed by atoms with Gasteiger partial charge in [-0.2, -0.15) is 0 Å². The van der Waals surface area contributed by atoms with Gasteiger partial charge in [-0.1, -0.05) is 19.1 Å². The van der Waals surface area contributed by atoms with Crippen LogP contribution in [0.2, 0.25) is 0 Å². The molecule has 1 aliphatic rings. The van der Waals surface area contributed by atoms with Crippen molar-refractivity contribution in [2.45, 2.75) is 19.4 Å². The van der Waals surface area contributed by atoms with Crippen molar-refractivity contribution in [1.29, 1.82) is 0 Å². The highest BCUT2D eigenvalue weighted by molar-refractivity contribution is 5.75. The fourth-order valence-electron chi connectivity index (χ4n) is 1.75. The molecule has 0 aromatic heterocycles. The second-order valence-electron chi connectivity index (χ2n) is 3.69. The monoisotopic (exact) mass is 212 g/mol. The first-order valence-electron chi connectivity index (χ1n) is 4.78. The molecule has 1 rings (SSSR count). The zero-order valence-electron chi connectivity index (χ0n) is 8.73. The van der Waals surface area contributed by atoms with Gasteiger partial charge in [-0.05, 0) is 12.3 Å². The van der Waals surface area contributed by atoms with E-state index in [1.54, 1.807) is 6.08 Å². The van der Waals surface area contributed by atoms with Crippen LogP contribution in [0, 0.1) is 11.8 Å². The summed E-state index contributed by atoms with van der Waals surface area (Å²) in [6, 6.07) is -0.543. The molecule has 0 saturated heterocycles. The number of esters is 1. The minimum Gasteiger partial charge on any atom is -0.530 e. The quantitative estimate of drug-likeness (QED) is 0.502. The Morgan fingerprint density at radius 3 is 2.67 bits per heavy atom. The highest BCUT2D eigenvalue weighted by Crippen LogP contribution is 2.24. The van der Waals surface area contributed by atoms with Gasteiger partial charge in [0.25, 0.3) is 0 Å². The van der Waals surface area contributed by atoms with Gasteiger partial charge in [0, 0.05) is 0 Å². The molecule has 5 nitrogen and oxygen atoms in total. The third kappa shape index (κ3) is 2.97. The second kappa shape index (κ2) is 4.82. The van der Waals surface area contributed by atoms with Crippen LogP contribution in [0.15, 0.2) is 12.2 Å². The van der Waals surface area contributed by atoms with Gasteiger partial charge in [0.15, 0.2) is 0 Å². The van der Waals surface area contributed by atoms with Crippen molar-refractivity contribution in [2.75, 3.05) is 7.11 Å². The highest BCUT2D eigenvalue weighted by Gasteiger charge is 2.31. The Bertz CT molecular complexity index is 287. The fourth-order valence-corrected chi connectivity index (χ4v) is 1.75. The number of methoxy groups -OCH3 is 1. The van der Waals surface area contributed by atoms with Gasteiger partial charge < -0.3 is 20.0 Å². The molecule has 0 saturated carbocycles. The van der Waals surface area contributed by atoms with E-state index >= 15 is 0 Å². The number of carbonyl (C=O) groups is 2. The second-order valence-corrected chi connectivity index (χ2v) is 3.69. The first kappa shape index (κ1) is 11.6. The lowest BCUT2D eigenvalue weighted by molar-refractivity contribution is -0.251. The summed E-state index contributed by atoms with van der Waals surface area (Å²) in [5.41, 5.74) is 0. The summed E-state index contributed by atoms with van der Waals surface area (Å²) >= 11 is 0. The van der Waals surface area contributed by atoms with E-state index in [4.69, 9.17) is 0 Å². The predicted molar refractivity (Wildman–Crippen MR) is 50.7 cm³/mol. The molecule has 3 unspecified atom stereocenters. The van der Waals surface area contributed by atoms with E-state index in [1.165, 1.54) is 7.11 Å². The van der Waals surface area contributed by atoms with Crippen molar-refractivity contribution in [3.05, 3.63) is 12.2 Å². The number of ether oxygens (including phenoxy) is 1. The van der Waals surface area contributed by atoms with E-state index in [9.17, 15) is 14.7 Å². The maximum Gasteiger partial charge on any atom is 0.311 e. The van der Waals surface area contributed by atoms with Gasteiger partial charge in [-0.3, -0.25) is 4.79 Å². The normalized spacial score (nSPS) is 29.6. The van der Waals surface area contributed by atoms with E-state index < -0.39 is 24.0 Å². The number of carboxylic acid groups (broad SMARTS) is 1. The molecule has 0 radical (unpaired) electrons. The lowest BCUT2D eigenvalue weighted by Crippen LogP contribution is -2.49. The molecule has 3 atom stereocenters. The van der Waals surface area contributed by atoms with Crippen molar-refractivity contribution < 1.29 is 19.4 Å². The molecule has 0 aliphatic heterocycles. The van der Waals surface area contributed by atoms with E-state index in [1.807, 2.05) is 13.0 Å². The average molecular weight is 212 g/mol. The lowest BCUT2D eigenvalue weighted by atomic mass is 9.84. The van der Waals surface area contributed by atoms with Gasteiger partial charge in [-0.15, -0.1) is 0 Å². The highest BCUT2D eigenvalue weighted by atomic mass is 16.5. The summed E-state index contributed by atoms with van der Waals surface area (Å²) in [6.07, 6.45) is 2.74. The molecule has 0 spiro atoms. The van der Waals surface area contributed by atoms with E-state index in [2.05, 4.69) is 10.1 Å². The Hall–Kier alpha value is -1.52. The largest absolute Gasteiger partial charge is 0.530 e. The van der Waals surface area contributed by atoms with Gasteiger partial charge in [0.1, 0.15) is 6.09 Å². The molecule has 84 valence electrons. The maximum atomic E-state index is 11.4. The van der Waals surface area contributed by atoms with Crippen LogP contribution in [-0.4, -0.2) is 25.2 Å². The molecular formula is C10H14NO4-. The van der Waals surface area contributed by atoms with Crippen LogP contribution in [0.3, 0.4) is 0 Å². The topological polar surface area (TPSA) is 78.5 Å². The minimum absolute atomic E-state index is 0.244. The Kier molecular flexibility index (Phi) is 3.71. The van der Waals surface area contributed by atoms with Crippen LogP contribution in [-0.2, 0) is 9.53 Å². The van der Waals surface area contributed by atoms with Crippen molar-refractivity contribution in [2.24, 2.45) is 11.8 Å². The molecule has 1 N–H and O–H groups in total. The molecule has 0 bridgehead atoms. The SMILES string of the molecule is COC(=O)C1CC(C)C=CC1NC(=O)[O-]. The Labute approximate surface area is 88.1 Å². The Balaban J connectivity index is 2.75. The fraction of sp³-hybridized carbons (Fsp3) is 0.600. The van der Waals surface area contributed by atoms with Gasteiger partial charge in [0.2, 0.25) is 0 Å². The molecule has 0 heterocycles. The summed E-state index contributed by atoms with van der Waals surface area (Å²) < 4.78 is 4.62. The summed E-state index contributed by atoms with van der Waals surface area (Å²) in [7, 11) is 1.29. The number of allylic oxidation sites excluding steroid dienone is 1. The molecule has 0 fully saturated rings. The molecule has 0 aromatic carbocycles. The predicted octanol–water partition coefficient (Wildman–Crippen LogP) is -0.327. The van der Waals surface area contributed by atoms with Crippen molar-refractivity contribution >= 4 is 12.1 Å². The van der Waals surface area contributed by atoms with E-state index in [0.717, 1.165) is 0 Å². The zero-order valence-corrected chi connectivity index (χ0v) is 8.73. The minimum atomic E-state index is -1.38. The molecule has 1 amide bonds. The maximum absolute atomic E-state index is 11.4. The van der Waals surface area contributed by atoms with E-state index in [-0.39, 0.29) is 5.92 Å². The third-order valence-corrected chi connectivity index (χ3v) is 2.49. The summed E-state index contributed by atoms with van der Waals surface area (Å²) in [5.74, 6) is -0.619. The van der Waals surface area contributed by atoms with Gasteiger partial charge in [-0.25, -0.2) is 0 Å². The first-order chi connectivity index (χ1) is 7.04. The molecule has 1 aliphatic carbocycles. The first-order valence-corrected chi connectivity index (χ1v) is 4.78. The smallest absolute Gasteiger partial charge is 0.311 e. The molecular weight excluding hydrogens is 198 g/mol. The lowest BCUT2D eigenvalue weighted by Gasteiger charge is -2.29.